The maximum Gasteiger partial charge on any atom is 0.228 e. The van der Waals surface area contributed by atoms with E-state index in [0.29, 0.717) is 39.9 Å². The number of ether oxygens (including phenoxy) is 1. The average molecular weight is 418 g/mol. The Morgan fingerprint density at radius 1 is 0.968 bits per heavy atom. The van der Waals surface area contributed by atoms with Crippen molar-refractivity contribution < 1.29 is 9.13 Å². The topological polar surface area (TPSA) is 82.1 Å². The van der Waals surface area contributed by atoms with Crippen molar-refractivity contribution >= 4 is 22.8 Å². The number of hydrogen-bond donors (Lipinski definition) is 1. The molecule has 0 radical (unpaired) electrons. The standard InChI is InChI=1S/C23H23FN6O/c1-31-18-8-4-3-7-17(18)20-19-21(25)30(16-11-9-15(24)10-12-16)28-22(19)27-23(26-20)29-13-5-2-6-14-29/h3-4,7-12H,2,5-6,13-14,25H2,1H3. The molecule has 0 saturated carbocycles. The van der Waals surface area contributed by atoms with E-state index < -0.39 is 0 Å². The monoisotopic (exact) mass is 418 g/mol. The van der Waals surface area contributed by atoms with Crippen LogP contribution in [0.2, 0.25) is 0 Å². The van der Waals surface area contributed by atoms with E-state index in [4.69, 9.17) is 20.4 Å². The molecule has 7 nitrogen and oxygen atoms in total. The van der Waals surface area contributed by atoms with Gasteiger partial charge in [0, 0.05) is 18.7 Å². The number of nitrogen functional groups attached to an aromatic ring is 1. The van der Waals surface area contributed by atoms with Crippen LogP contribution in [0.15, 0.2) is 48.5 Å². The first-order chi connectivity index (χ1) is 15.2. The van der Waals surface area contributed by atoms with E-state index in [1.54, 1.807) is 23.9 Å². The second-order valence-corrected chi connectivity index (χ2v) is 7.59. The van der Waals surface area contributed by atoms with E-state index in [1.807, 2.05) is 24.3 Å². The van der Waals surface area contributed by atoms with E-state index in [2.05, 4.69) is 10.00 Å². The van der Waals surface area contributed by atoms with Gasteiger partial charge in [0.05, 0.1) is 23.9 Å². The molecule has 0 bridgehead atoms. The van der Waals surface area contributed by atoms with Gasteiger partial charge in [0.25, 0.3) is 0 Å². The Morgan fingerprint density at radius 2 is 1.71 bits per heavy atom. The molecule has 0 amide bonds. The molecule has 0 aliphatic carbocycles. The van der Waals surface area contributed by atoms with Gasteiger partial charge in [0.15, 0.2) is 5.65 Å². The summed E-state index contributed by atoms with van der Waals surface area (Å²) in [5.74, 6) is 1.41. The minimum atomic E-state index is -0.319. The van der Waals surface area contributed by atoms with E-state index >= 15 is 0 Å². The number of para-hydroxylation sites is 1. The summed E-state index contributed by atoms with van der Waals surface area (Å²) in [6, 6.07) is 13.7. The van der Waals surface area contributed by atoms with Crippen LogP contribution in [0.1, 0.15) is 19.3 Å². The predicted octanol–water partition coefficient (Wildman–Crippen LogP) is 4.20. The zero-order chi connectivity index (χ0) is 21.4. The lowest BCUT2D eigenvalue weighted by Crippen LogP contribution is -2.31. The second kappa shape index (κ2) is 7.86. The molecule has 2 aromatic heterocycles. The molecule has 5 rings (SSSR count). The maximum absolute atomic E-state index is 13.4. The molecule has 1 aliphatic rings. The minimum Gasteiger partial charge on any atom is -0.496 e. The molecule has 2 aromatic carbocycles. The Labute approximate surface area is 179 Å². The van der Waals surface area contributed by atoms with E-state index in [-0.39, 0.29) is 5.82 Å². The Balaban J connectivity index is 1.76. The van der Waals surface area contributed by atoms with E-state index in [0.717, 1.165) is 31.5 Å². The number of halogens is 1. The van der Waals surface area contributed by atoms with Gasteiger partial charge in [-0.25, -0.2) is 14.1 Å². The molecule has 1 saturated heterocycles. The molecule has 3 heterocycles. The first-order valence-electron chi connectivity index (χ1n) is 10.4. The van der Waals surface area contributed by atoms with E-state index in [1.165, 1.54) is 18.6 Å². The zero-order valence-corrected chi connectivity index (χ0v) is 17.3. The zero-order valence-electron chi connectivity index (χ0n) is 17.3. The number of benzene rings is 2. The fourth-order valence-corrected chi connectivity index (χ4v) is 4.05. The summed E-state index contributed by atoms with van der Waals surface area (Å²) in [4.78, 5) is 11.9. The molecular formula is C23H23FN6O. The molecule has 1 aliphatic heterocycles. The number of methoxy groups -OCH3 is 1. The average Bonchev–Trinajstić information content (AvgIpc) is 3.16. The van der Waals surface area contributed by atoms with Crippen LogP contribution in [0.5, 0.6) is 5.75 Å². The van der Waals surface area contributed by atoms with Crippen LogP contribution in [0.4, 0.5) is 16.2 Å². The fraction of sp³-hybridized carbons (Fsp3) is 0.261. The number of fused-ring (bicyclic) bond motifs is 1. The lowest BCUT2D eigenvalue weighted by molar-refractivity contribution is 0.416. The largest absolute Gasteiger partial charge is 0.496 e. The van der Waals surface area contributed by atoms with Gasteiger partial charge in [-0.05, 0) is 55.7 Å². The van der Waals surface area contributed by atoms with Gasteiger partial charge >= 0.3 is 0 Å². The van der Waals surface area contributed by atoms with Crippen molar-refractivity contribution in [3.8, 4) is 22.7 Å². The summed E-state index contributed by atoms with van der Waals surface area (Å²) in [6.07, 6.45) is 3.43. The molecule has 8 heteroatoms. The van der Waals surface area contributed by atoms with Crippen molar-refractivity contribution in [3.05, 3.63) is 54.3 Å². The molecule has 158 valence electrons. The van der Waals surface area contributed by atoms with Crippen LogP contribution in [0, 0.1) is 5.82 Å². The highest BCUT2D eigenvalue weighted by Gasteiger charge is 2.23. The highest BCUT2D eigenvalue weighted by Crippen LogP contribution is 2.37. The highest BCUT2D eigenvalue weighted by molar-refractivity contribution is 6.00. The lowest BCUT2D eigenvalue weighted by atomic mass is 10.1. The Morgan fingerprint density at radius 3 is 2.45 bits per heavy atom. The number of piperidine rings is 1. The van der Waals surface area contributed by atoms with Crippen LogP contribution >= 0.6 is 0 Å². The van der Waals surface area contributed by atoms with Gasteiger partial charge < -0.3 is 15.4 Å². The number of anilines is 2. The molecular weight excluding hydrogens is 395 g/mol. The van der Waals surface area contributed by atoms with Crippen LogP contribution in [-0.2, 0) is 0 Å². The van der Waals surface area contributed by atoms with Crippen molar-refractivity contribution in [1.29, 1.82) is 0 Å². The first-order valence-corrected chi connectivity index (χ1v) is 10.4. The van der Waals surface area contributed by atoms with Gasteiger partial charge in [-0.2, -0.15) is 4.98 Å². The Hall–Kier alpha value is -3.68. The Kier molecular flexibility index (Phi) is 4.89. The van der Waals surface area contributed by atoms with Crippen molar-refractivity contribution in [3.63, 3.8) is 0 Å². The van der Waals surface area contributed by atoms with Gasteiger partial charge in [-0.1, -0.05) is 12.1 Å². The first kappa shape index (κ1) is 19.3. The van der Waals surface area contributed by atoms with Gasteiger partial charge in [0.1, 0.15) is 17.4 Å². The summed E-state index contributed by atoms with van der Waals surface area (Å²) in [7, 11) is 1.63. The SMILES string of the molecule is COc1ccccc1-c1nc(N2CCCCC2)nc2nn(-c3ccc(F)cc3)c(N)c12. The van der Waals surface area contributed by atoms with Gasteiger partial charge in [0.2, 0.25) is 5.95 Å². The summed E-state index contributed by atoms with van der Waals surface area (Å²) in [6.45, 7) is 1.82. The summed E-state index contributed by atoms with van der Waals surface area (Å²) in [5.41, 5.74) is 9.19. The predicted molar refractivity (Wildman–Crippen MR) is 119 cm³/mol. The normalized spacial score (nSPS) is 14.2. The molecule has 31 heavy (non-hydrogen) atoms. The molecule has 0 unspecified atom stereocenters. The van der Waals surface area contributed by atoms with Crippen LogP contribution in [0.25, 0.3) is 28.0 Å². The van der Waals surface area contributed by atoms with Crippen molar-refractivity contribution in [2.24, 2.45) is 0 Å². The molecule has 4 aromatic rings. The highest BCUT2D eigenvalue weighted by atomic mass is 19.1. The molecule has 0 spiro atoms. The third kappa shape index (κ3) is 3.43. The van der Waals surface area contributed by atoms with Gasteiger partial charge in [-0.15, -0.1) is 5.10 Å². The third-order valence-electron chi connectivity index (χ3n) is 5.63. The number of hydrogen-bond acceptors (Lipinski definition) is 6. The van der Waals surface area contributed by atoms with Gasteiger partial charge in [-0.3, -0.25) is 0 Å². The smallest absolute Gasteiger partial charge is 0.228 e. The number of nitrogens with two attached hydrogens (primary N) is 1. The van der Waals surface area contributed by atoms with Crippen molar-refractivity contribution in [2.45, 2.75) is 19.3 Å². The van der Waals surface area contributed by atoms with Crippen LogP contribution in [-0.4, -0.2) is 39.9 Å². The van der Waals surface area contributed by atoms with Crippen molar-refractivity contribution in [1.82, 2.24) is 19.7 Å². The summed E-state index contributed by atoms with van der Waals surface area (Å²) < 4.78 is 20.6. The summed E-state index contributed by atoms with van der Waals surface area (Å²) >= 11 is 0. The minimum absolute atomic E-state index is 0.319. The molecule has 0 atom stereocenters. The van der Waals surface area contributed by atoms with Crippen LogP contribution < -0.4 is 15.4 Å². The fourth-order valence-electron chi connectivity index (χ4n) is 4.05. The van der Waals surface area contributed by atoms with Crippen LogP contribution in [0.3, 0.4) is 0 Å². The second-order valence-electron chi connectivity index (χ2n) is 7.59. The maximum atomic E-state index is 13.4. The third-order valence-corrected chi connectivity index (χ3v) is 5.63. The van der Waals surface area contributed by atoms with E-state index in [9.17, 15) is 4.39 Å². The lowest BCUT2D eigenvalue weighted by Gasteiger charge is -2.27. The number of rotatable bonds is 4. The molecule has 2 N–H and O–H groups in total. The quantitative estimate of drug-likeness (QED) is 0.535. The molecule has 1 fully saturated rings. The Bertz CT molecular complexity index is 1230. The van der Waals surface area contributed by atoms with Crippen molar-refractivity contribution in [2.75, 3.05) is 30.8 Å². The number of aromatic nitrogens is 4. The number of nitrogens with zero attached hydrogens (tertiary/aromatic N) is 5. The summed E-state index contributed by atoms with van der Waals surface area (Å²) in [5, 5.41) is 5.31.